The van der Waals surface area contributed by atoms with E-state index in [2.05, 4.69) is 10.6 Å². The van der Waals surface area contributed by atoms with E-state index >= 15 is 0 Å². The molecule has 0 radical (unpaired) electrons. The second-order valence-corrected chi connectivity index (χ2v) is 11.0. The average molecular weight is 527 g/mol. The zero-order chi connectivity index (χ0) is 25.7. The maximum Gasteiger partial charge on any atom is 0.606 e. The molecule has 4 rings (SSSR count). The molecule has 0 saturated carbocycles. The minimum Gasteiger partial charge on any atom is -0.599 e. The first-order valence-corrected chi connectivity index (χ1v) is 12.3. The lowest BCUT2D eigenvalue weighted by molar-refractivity contribution is -0.849. The molecule has 1 aromatic rings. The van der Waals surface area contributed by atoms with Gasteiger partial charge in [-0.3, -0.25) is 14.5 Å². The molecule has 3 aliphatic heterocycles. The number of halogens is 2. The summed E-state index contributed by atoms with van der Waals surface area (Å²) in [7, 11) is 3.65. The van der Waals surface area contributed by atoms with Crippen LogP contribution in [-0.2, 0) is 23.7 Å². The number of hydrogen-bond donors (Lipinski definition) is 2. The highest BCUT2D eigenvalue weighted by atomic mass is 35.5. The molecule has 1 aromatic carbocycles. The van der Waals surface area contributed by atoms with Crippen molar-refractivity contribution in [2.75, 3.05) is 33.7 Å². The van der Waals surface area contributed by atoms with Gasteiger partial charge in [0.05, 0.1) is 36.2 Å². The van der Waals surface area contributed by atoms with Crippen molar-refractivity contribution in [3.8, 4) is 0 Å². The van der Waals surface area contributed by atoms with E-state index < -0.39 is 48.5 Å². The molecule has 3 aliphatic rings. The Morgan fingerprint density at radius 3 is 2.34 bits per heavy atom. The van der Waals surface area contributed by atoms with Crippen LogP contribution in [0.4, 0.5) is 0 Å². The lowest BCUT2D eigenvalue weighted by Crippen LogP contribution is -2.78. The summed E-state index contributed by atoms with van der Waals surface area (Å²) in [6.45, 7) is 1.85. The Labute approximate surface area is 213 Å². The van der Waals surface area contributed by atoms with Gasteiger partial charge < -0.3 is 24.3 Å². The number of hydrogen-bond acceptors (Lipinski definition) is 7. The van der Waals surface area contributed by atoms with Gasteiger partial charge in [0.2, 0.25) is 5.91 Å². The topological polar surface area (TPSA) is 114 Å². The highest BCUT2D eigenvalue weighted by molar-refractivity contribution is 6.68. The number of likely N-dealkylation sites (N-methyl/N-ethyl adjacent to an activating group) is 2. The van der Waals surface area contributed by atoms with E-state index in [4.69, 9.17) is 32.5 Å². The van der Waals surface area contributed by atoms with E-state index in [1.165, 1.54) is 12.1 Å². The van der Waals surface area contributed by atoms with Crippen LogP contribution in [0.25, 0.3) is 0 Å². The van der Waals surface area contributed by atoms with Gasteiger partial charge in [-0.25, -0.2) is 9.59 Å². The van der Waals surface area contributed by atoms with Gasteiger partial charge in [-0.2, -0.15) is 0 Å². The Bertz CT molecular complexity index is 1060. The summed E-state index contributed by atoms with van der Waals surface area (Å²) in [5.74, 6) is -2.63. The van der Waals surface area contributed by atoms with Gasteiger partial charge >= 0.3 is 18.6 Å². The fourth-order valence-corrected chi connectivity index (χ4v) is 6.04. The number of rotatable bonds is 7. The molecule has 3 heterocycles. The summed E-state index contributed by atoms with van der Waals surface area (Å²) in [6.07, 6.45) is 0.406. The van der Waals surface area contributed by atoms with Crippen molar-refractivity contribution >= 4 is 53.6 Å². The molecule has 5 atom stereocenters. The van der Waals surface area contributed by atoms with Crippen molar-refractivity contribution in [1.29, 1.82) is 0 Å². The Morgan fingerprint density at radius 2 is 1.77 bits per heavy atom. The van der Waals surface area contributed by atoms with Crippen LogP contribution in [0, 0.1) is 5.92 Å². The van der Waals surface area contributed by atoms with E-state index in [0.29, 0.717) is 24.5 Å². The lowest BCUT2D eigenvalue weighted by atomic mass is 9.56. The fourth-order valence-electron chi connectivity index (χ4n) is 5.66. The first kappa shape index (κ1) is 25.7. The van der Waals surface area contributed by atoms with Crippen LogP contribution in [0.5, 0.6) is 0 Å². The van der Waals surface area contributed by atoms with Crippen molar-refractivity contribution in [2.24, 2.45) is 5.92 Å². The Hall–Kier alpha value is -2.34. The number of carbonyl (C=O) groups excluding carboxylic acids is 4. The van der Waals surface area contributed by atoms with Gasteiger partial charge in [0.1, 0.15) is 0 Å². The van der Waals surface area contributed by atoms with Gasteiger partial charge in [0.15, 0.2) is 12.1 Å². The predicted octanol–water partition coefficient (Wildman–Crippen LogP) is 0.975. The quantitative estimate of drug-likeness (QED) is 0.509. The molecule has 13 heteroatoms. The molecule has 2 unspecified atom stereocenters. The largest absolute Gasteiger partial charge is 0.606 e. The summed E-state index contributed by atoms with van der Waals surface area (Å²) >= 11 is 12.0. The molecule has 0 bridgehead atoms. The molecule has 190 valence electrons. The molecular formula is C22H29BCl2N4O6. The predicted molar refractivity (Wildman–Crippen MR) is 129 cm³/mol. The van der Waals surface area contributed by atoms with E-state index in [1.54, 1.807) is 13.1 Å². The Kier molecular flexibility index (Phi) is 6.82. The van der Waals surface area contributed by atoms with Crippen LogP contribution in [0.1, 0.15) is 30.6 Å². The lowest BCUT2D eigenvalue weighted by Gasteiger charge is -2.53. The van der Waals surface area contributed by atoms with E-state index in [1.807, 2.05) is 25.8 Å². The number of carbonyl (C=O) groups is 4. The van der Waals surface area contributed by atoms with Crippen LogP contribution < -0.4 is 10.6 Å². The average Bonchev–Trinajstić information content (AvgIpc) is 3.13. The molecular weight excluding hydrogens is 498 g/mol. The molecule has 3 saturated heterocycles. The van der Waals surface area contributed by atoms with Crippen molar-refractivity contribution in [1.82, 2.24) is 15.5 Å². The third-order valence-corrected chi connectivity index (χ3v) is 7.93. The third-order valence-electron chi connectivity index (χ3n) is 7.36. The van der Waals surface area contributed by atoms with Gasteiger partial charge in [-0.15, -0.1) is 0 Å². The third kappa shape index (κ3) is 4.28. The Balaban J connectivity index is 1.55. The summed E-state index contributed by atoms with van der Waals surface area (Å²) < 4.78 is 11.8. The molecule has 2 amide bonds. The first-order valence-electron chi connectivity index (χ1n) is 11.6. The monoisotopic (exact) mass is 526 g/mol. The molecule has 10 nitrogen and oxygen atoms in total. The zero-order valence-corrected chi connectivity index (χ0v) is 21.6. The number of benzene rings is 1. The van der Waals surface area contributed by atoms with Gasteiger partial charge in [0, 0.05) is 12.1 Å². The van der Waals surface area contributed by atoms with Crippen LogP contribution >= 0.6 is 23.2 Å². The fraction of sp³-hybridized carbons (Fsp3) is 0.545. The smallest absolute Gasteiger partial charge is 0.599 e. The number of nitrogens with zero attached hydrogens (tertiary/aromatic N) is 2. The number of amides is 2. The zero-order valence-electron chi connectivity index (χ0n) is 20.0. The molecule has 0 aliphatic carbocycles. The Morgan fingerprint density at radius 1 is 1.17 bits per heavy atom. The number of quaternary nitrogens is 1. The second-order valence-electron chi connectivity index (χ2n) is 10.2. The number of piperazine rings is 1. The standard InChI is InChI=1S/C22H29BCl2N4O6/c1-12(2)7-18(27-19(30)9-26-20(31)14-8-13(24)5-6-15(14)25)23-29(4)16(21(32)34-23)10-28(3)11-17(29)22(33)35-23/h5-6,8,12,16-18H,7,9-11H2,1-4H3,(H,26,31)(H,27,30)/t16-,17+,18-,23?,29?/m0/s1. The van der Waals surface area contributed by atoms with Crippen molar-refractivity contribution in [3.63, 3.8) is 0 Å². The normalized spacial score (nSPS) is 30.5. The van der Waals surface area contributed by atoms with Gasteiger partial charge in [0.25, 0.3) is 5.91 Å². The van der Waals surface area contributed by atoms with Crippen LogP contribution in [-0.4, -0.2) is 91.5 Å². The van der Waals surface area contributed by atoms with Crippen molar-refractivity contribution < 1.29 is 32.9 Å². The number of nitrogens with one attached hydrogen (secondary N) is 2. The minimum absolute atomic E-state index is 0.00977. The highest BCUT2D eigenvalue weighted by Crippen LogP contribution is 2.46. The van der Waals surface area contributed by atoms with Crippen LogP contribution in [0.15, 0.2) is 18.2 Å². The maximum absolute atomic E-state index is 13.0. The second kappa shape index (κ2) is 9.27. The molecule has 35 heavy (non-hydrogen) atoms. The van der Waals surface area contributed by atoms with Gasteiger partial charge in [-0.05, 0) is 37.6 Å². The first-order chi connectivity index (χ1) is 16.4. The van der Waals surface area contributed by atoms with Crippen LogP contribution in [0.2, 0.25) is 10.0 Å². The molecule has 0 spiro atoms. The van der Waals surface area contributed by atoms with Gasteiger partial charge in [-0.1, -0.05) is 37.0 Å². The molecule has 0 aromatic heterocycles. The summed E-state index contributed by atoms with van der Waals surface area (Å²) in [6, 6.07) is 3.27. The molecule has 3 fully saturated rings. The SMILES string of the molecule is CC(C)C[C@H](NC(=O)CNC(=O)c1cc(Cl)ccc1Cl)[B-]12OC(=O)[C@H]3CN(C)C[C@@H](C(=O)O1)[N+]32C. The maximum atomic E-state index is 13.0. The summed E-state index contributed by atoms with van der Waals surface area (Å²) in [5.41, 5.74) is 0.143. The summed E-state index contributed by atoms with van der Waals surface area (Å²) in [5, 5.41) is 5.95. The van der Waals surface area contributed by atoms with Crippen molar-refractivity contribution in [2.45, 2.75) is 38.3 Å². The van der Waals surface area contributed by atoms with Crippen LogP contribution in [0.3, 0.4) is 0 Å². The van der Waals surface area contributed by atoms with E-state index in [0.717, 1.165) is 0 Å². The molecule has 2 N–H and O–H groups in total. The minimum atomic E-state index is -2.56. The van der Waals surface area contributed by atoms with E-state index in [9.17, 15) is 19.2 Å². The summed E-state index contributed by atoms with van der Waals surface area (Å²) in [4.78, 5) is 53.3. The highest BCUT2D eigenvalue weighted by Gasteiger charge is 2.77. The van der Waals surface area contributed by atoms with Crippen molar-refractivity contribution in [3.05, 3.63) is 33.8 Å². The van der Waals surface area contributed by atoms with E-state index in [-0.39, 0.29) is 27.4 Å².